The third kappa shape index (κ3) is 3.65. The molecular weight excluding hydrogens is 332 g/mol. The molecule has 1 aromatic heterocycles. The highest BCUT2D eigenvalue weighted by atomic mass is 16.5. The largest absolute Gasteiger partial charge is 0.497 e. The number of imidazole rings is 1. The van der Waals surface area contributed by atoms with Crippen molar-refractivity contribution in [3.05, 3.63) is 77.0 Å². The molecule has 3 rings (SSSR count). The van der Waals surface area contributed by atoms with Crippen molar-refractivity contribution < 1.29 is 9.53 Å². The van der Waals surface area contributed by atoms with Gasteiger partial charge in [-0.2, -0.15) is 5.26 Å². The van der Waals surface area contributed by atoms with Crippen LogP contribution in [-0.2, 0) is 11.3 Å². The minimum atomic E-state index is -0.352. The van der Waals surface area contributed by atoms with Gasteiger partial charge in [0.25, 0.3) is 0 Å². The Kier molecular flexibility index (Phi) is 4.85. The van der Waals surface area contributed by atoms with E-state index in [-0.39, 0.29) is 18.1 Å². The summed E-state index contributed by atoms with van der Waals surface area (Å²) in [6.07, 6.45) is 3.16. The fraction of sp³-hybridized carbons (Fsp3) is 0.105. The van der Waals surface area contributed by atoms with Crippen molar-refractivity contribution in [3.8, 4) is 17.5 Å². The van der Waals surface area contributed by atoms with E-state index in [1.807, 2.05) is 6.07 Å². The molecule has 0 fully saturated rings. The Bertz CT molecular complexity index is 1030. The number of amides is 1. The van der Waals surface area contributed by atoms with Crippen LogP contribution in [0.4, 0.5) is 5.69 Å². The molecule has 0 radical (unpaired) electrons. The van der Waals surface area contributed by atoms with E-state index in [4.69, 9.17) is 10.00 Å². The number of aromatic nitrogens is 2. The Hall–Kier alpha value is -3.79. The van der Waals surface area contributed by atoms with Crippen LogP contribution in [0.2, 0.25) is 0 Å². The van der Waals surface area contributed by atoms with Crippen molar-refractivity contribution in [3.63, 3.8) is 0 Å². The molecule has 0 spiro atoms. The zero-order chi connectivity index (χ0) is 18.5. The van der Waals surface area contributed by atoms with Crippen LogP contribution in [0.1, 0.15) is 5.56 Å². The first kappa shape index (κ1) is 17.0. The molecule has 1 heterocycles. The molecule has 0 bridgehead atoms. The molecule has 0 aliphatic heterocycles. The lowest BCUT2D eigenvalue weighted by Gasteiger charge is -2.06. The van der Waals surface area contributed by atoms with Gasteiger partial charge in [0, 0.05) is 18.1 Å². The highest BCUT2D eigenvalue weighted by Crippen LogP contribution is 2.13. The summed E-state index contributed by atoms with van der Waals surface area (Å²) in [6, 6.07) is 15.6. The highest BCUT2D eigenvalue weighted by molar-refractivity contribution is 5.90. The maximum absolute atomic E-state index is 12.5. The summed E-state index contributed by atoms with van der Waals surface area (Å²) >= 11 is 0. The summed E-state index contributed by atoms with van der Waals surface area (Å²) in [5.74, 6) is 0.342. The molecule has 0 saturated heterocycles. The van der Waals surface area contributed by atoms with E-state index < -0.39 is 0 Å². The van der Waals surface area contributed by atoms with Gasteiger partial charge in [-0.25, -0.2) is 4.79 Å². The summed E-state index contributed by atoms with van der Waals surface area (Å²) in [5, 5.41) is 11.6. The van der Waals surface area contributed by atoms with Crippen molar-refractivity contribution in [1.82, 2.24) is 9.13 Å². The van der Waals surface area contributed by atoms with Crippen LogP contribution < -0.4 is 15.7 Å². The molecule has 0 saturated carbocycles. The number of rotatable bonds is 5. The van der Waals surface area contributed by atoms with E-state index >= 15 is 0 Å². The predicted octanol–water partition coefficient (Wildman–Crippen LogP) is 2.16. The van der Waals surface area contributed by atoms with Crippen molar-refractivity contribution in [2.24, 2.45) is 0 Å². The van der Waals surface area contributed by atoms with Gasteiger partial charge in [0.1, 0.15) is 12.3 Å². The van der Waals surface area contributed by atoms with Crippen molar-refractivity contribution in [2.45, 2.75) is 6.54 Å². The van der Waals surface area contributed by atoms with E-state index in [1.54, 1.807) is 68.0 Å². The smallest absolute Gasteiger partial charge is 0.333 e. The normalized spacial score (nSPS) is 10.2. The van der Waals surface area contributed by atoms with Gasteiger partial charge in [-0.1, -0.05) is 6.07 Å². The minimum absolute atomic E-state index is 0.126. The standard InChI is InChI=1S/C19H16N4O3/c1-26-17-7-5-16(6-8-17)23-10-9-22(19(23)25)13-18(24)21-15-4-2-3-14(11-15)12-20/h2-11H,13H2,1H3,(H,21,24). The van der Waals surface area contributed by atoms with Crippen LogP contribution in [0.5, 0.6) is 5.75 Å². The maximum Gasteiger partial charge on any atom is 0.333 e. The van der Waals surface area contributed by atoms with E-state index in [2.05, 4.69) is 5.32 Å². The molecular formula is C19H16N4O3. The quantitative estimate of drug-likeness (QED) is 0.765. The highest BCUT2D eigenvalue weighted by Gasteiger charge is 2.10. The van der Waals surface area contributed by atoms with Crippen molar-refractivity contribution in [1.29, 1.82) is 5.26 Å². The fourth-order valence-corrected chi connectivity index (χ4v) is 2.49. The molecule has 0 aliphatic rings. The monoisotopic (exact) mass is 348 g/mol. The first-order chi connectivity index (χ1) is 12.6. The van der Waals surface area contributed by atoms with Crippen LogP contribution >= 0.6 is 0 Å². The molecule has 7 nitrogen and oxygen atoms in total. The molecule has 130 valence electrons. The van der Waals surface area contributed by atoms with Gasteiger partial charge in [0.2, 0.25) is 5.91 Å². The second-order valence-electron chi connectivity index (χ2n) is 5.52. The SMILES string of the molecule is COc1ccc(-n2ccn(CC(=O)Nc3cccc(C#N)c3)c2=O)cc1. The van der Waals surface area contributed by atoms with E-state index in [0.29, 0.717) is 22.7 Å². The lowest BCUT2D eigenvalue weighted by Crippen LogP contribution is -2.28. The Morgan fingerprint density at radius 1 is 1.19 bits per heavy atom. The van der Waals surface area contributed by atoms with Gasteiger partial charge < -0.3 is 10.1 Å². The Labute approximate surface area is 149 Å². The molecule has 26 heavy (non-hydrogen) atoms. The lowest BCUT2D eigenvalue weighted by molar-refractivity contribution is -0.116. The summed E-state index contributed by atoms with van der Waals surface area (Å²) in [5.41, 5.74) is 1.31. The number of hydrogen-bond acceptors (Lipinski definition) is 4. The molecule has 2 aromatic carbocycles. The van der Waals surface area contributed by atoms with Crippen LogP contribution in [0.15, 0.2) is 65.7 Å². The lowest BCUT2D eigenvalue weighted by atomic mass is 10.2. The predicted molar refractivity (Wildman–Crippen MR) is 96.4 cm³/mol. The van der Waals surface area contributed by atoms with Crippen LogP contribution in [-0.4, -0.2) is 22.2 Å². The number of nitrogens with one attached hydrogen (secondary N) is 1. The second-order valence-corrected chi connectivity index (χ2v) is 5.52. The van der Waals surface area contributed by atoms with Gasteiger partial charge in [0.15, 0.2) is 0 Å². The average molecular weight is 348 g/mol. The number of carbonyl (C=O) groups is 1. The van der Waals surface area contributed by atoms with Gasteiger partial charge in [-0.05, 0) is 42.5 Å². The number of nitrogens with zero attached hydrogens (tertiary/aromatic N) is 3. The van der Waals surface area contributed by atoms with Crippen LogP contribution in [0.25, 0.3) is 5.69 Å². The molecule has 0 aliphatic carbocycles. The van der Waals surface area contributed by atoms with Gasteiger partial charge in [-0.3, -0.25) is 13.9 Å². The number of hydrogen-bond donors (Lipinski definition) is 1. The summed E-state index contributed by atoms with van der Waals surface area (Å²) in [4.78, 5) is 24.7. The van der Waals surface area contributed by atoms with Gasteiger partial charge >= 0.3 is 5.69 Å². The topological polar surface area (TPSA) is 89.0 Å². The van der Waals surface area contributed by atoms with Gasteiger partial charge in [-0.15, -0.1) is 0 Å². The van der Waals surface area contributed by atoms with Crippen molar-refractivity contribution >= 4 is 11.6 Å². The first-order valence-corrected chi connectivity index (χ1v) is 7.83. The maximum atomic E-state index is 12.5. The van der Waals surface area contributed by atoms with Gasteiger partial charge in [0.05, 0.1) is 24.4 Å². The Morgan fingerprint density at radius 3 is 2.65 bits per heavy atom. The summed E-state index contributed by atoms with van der Waals surface area (Å²) in [7, 11) is 1.57. The van der Waals surface area contributed by atoms with E-state index in [9.17, 15) is 9.59 Å². The third-order valence-corrected chi connectivity index (χ3v) is 3.79. The second kappa shape index (κ2) is 7.40. The van der Waals surface area contributed by atoms with E-state index in [0.717, 1.165) is 0 Å². The molecule has 3 aromatic rings. The number of ether oxygens (including phenoxy) is 1. The van der Waals surface area contributed by atoms with Crippen LogP contribution in [0.3, 0.4) is 0 Å². The number of anilines is 1. The average Bonchev–Trinajstić information content (AvgIpc) is 3.02. The Balaban J connectivity index is 1.74. The summed E-state index contributed by atoms with van der Waals surface area (Å²) in [6.45, 7) is -0.126. The van der Waals surface area contributed by atoms with E-state index in [1.165, 1.54) is 9.13 Å². The molecule has 7 heteroatoms. The molecule has 0 unspecified atom stereocenters. The van der Waals surface area contributed by atoms with Crippen LogP contribution in [0, 0.1) is 11.3 Å². The Morgan fingerprint density at radius 2 is 1.96 bits per heavy atom. The third-order valence-electron chi connectivity index (χ3n) is 3.79. The number of nitriles is 1. The van der Waals surface area contributed by atoms with Crippen molar-refractivity contribution in [2.75, 3.05) is 12.4 Å². The molecule has 1 N–H and O–H groups in total. The number of benzene rings is 2. The zero-order valence-corrected chi connectivity index (χ0v) is 14.0. The molecule has 1 amide bonds. The zero-order valence-electron chi connectivity index (χ0n) is 14.0. The fourth-order valence-electron chi connectivity index (χ4n) is 2.49. The molecule has 0 atom stereocenters. The minimum Gasteiger partial charge on any atom is -0.497 e. The summed E-state index contributed by atoms with van der Waals surface area (Å²) < 4.78 is 7.86. The number of methoxy groups -OCH3 is 1. The first-order valence-electron chi connectivity index (χ1n) is 7.83. The number of carbonyl (C=O) groups excluding carboxylic acids is 1.